The molecule has 2 nitrogen and oxygen atoms in total. The summed E-state index contributed by atoms with van der Waals surface area (Å²) in [6.45, 7) is 0. The van der Waals surface area contributed by atoms with Gasteiger partial charge in [-0.25, -0.2) is 0 Å². The normalized spacial score (nSPS) is 52.9. The summed E-state index contributed by atoms with van der Waals surface area (Å²) in [4.78, 5) is 0. The highest BCUT2D eigenvalue weighted by molar-refractivity contribution is 4.91. The van der Waals surface area contributed by atoms with Gasteiger partial charge in [-0.1, -0.05) is 0 Å². The first kappa shape index (κ1) is 4.77. The van der Waals surface area contributed by atoms with Crippen molar-refractivity contribution in [3.63, 3.8) is 0 Å². The molecule has 2 aliphatic heterocycles. The zero-order valence-corrected chi connectivity index (χ0v) is 4.84. The van der Waals surface area contributed by atoms with Crippen molar-refractivity contribution in [2.24, 2.45) is 5.73 Å². The standard InChI is InChI=1S/C6H11NO/c7-5-3-4-1-2-6(5)8-4/h4-6H,1-3,7H2/t4?,5-,6?/m1/s1. The Bertz CT molecular complexity index is 103. The highest BCUT2D eigenvalue weighted by atomic mass is 16.5. The van der Waals surface area contributed by atoms with Crippen LogP contribution in [0.25, 0.3) is 0 Å². The molecule has 2 rings (SSSR count). The van der Waals surface area contributed by atoms with Crippen LogP contribution in [0.3, 0.4) is 0 Å². The molecule has 2 unspecified atom stereocenters. The van der Waals surface area contributed by atoms with E-state index in [2.05, 4.69) is 0 Å². The predicted molar refractivity (Wildman–Crippen MR) is 30.5 cm³/mol. The Hall–Kier alpha value is -0.0800. The van der Waals surface area contributed by atoms with E-state index >= 15 is 0 Å². The monoisotopic (exact) mass is 113 g/mol. The molecule has 0 aromatic heterocycles. The summed E-state index contributed by atoms with van der Waals surface area (Å²) >= 11 is 0. The van der Waals surface area contributed by atoms with E-state index in [9.17, 15) is 0 Å². The summed E-state index contributed by atoms with van der Waals surface area (Å²) in [5.41, 5.74) is 5.69. The predicted octanol–water partition coefficient (Wildman–Crippen LogP) is 0.265. The summed E-state index contributed by atoms with van der Waals surface area (Å²) in [7, 11) is 0. The lowest BCUT2D eigenvalue weighted by Crippen LogP contribution is -2.30. The maximum atomic E-state index is 5.69. The number of fused-ring (bicyclic) bond motifs is 2. The molecule has 0 spiro atoms. The minimum Gasteiger partial charge on any atom is -0.373 e. The lowest BCUT2D eigenvalue weighted by molar-refractivity contribution is 0.101. The van der Waals surface area contributed by atoms with Crippen LogP contribution in [0, 0.1) is 0 Å². The molecule has 2 heterocycles. The first-order valence-electron chi connectivity index (χ1n) is 3.27. The van der Waals surface area contributed by atoms with Crippen molar-refractivity contribution in [2.45, 2.75) is 37.5 Å². The molecule has 46 valence electrons. The molecule has 0 aromatic rings. The molecular weight excluding hydrogens is 102 g/mol. The van der Waals surface area contributed by atoms with Gasteiger partial charge in [0.15, 0.2) is 0 Å². The third-order valence-corrected chi connectivity index (χ3v) is 2.15. The Morgan fingerprint density at radius 1 is 1.38 bits per heavy atom. The number of hydrogen-bond donors (Lipinski definition) is 1. The Kier molecular flexibility index (Phi) is 0.866. The maximum absolute atomic E-state index is 5.69. The summed E-state index contributed by atoms with van der Waals surface area (Å²) in [6, 6.07) is 0.355. The van der Waals surface area contributed by atoms with E-state index in [0.29, 0.717) is 18.2 Å². The van der Waals surface area contributed by atoms with Gasteiger partial charge in [0.25, 0.3) is 0 Å². The summed E-state index contributed by atoms with van der Waals surface area (Å²) < 4.78 is 5.46. The lowest BCUT2D eigenvalue weighted by atomic mass is 9.97. The third kappa shape index (κ3) is 0.501. The van der Waals surface area contributed by atoms with Gasteiger partial charge in [-0.05, 0) is 19.3 Å². The van der Waals surface area contributed by atoms with Crippen LogP contribution in [0.4, 0.5) is 0 Å². The van der Waals surface area contributed by atoms with Crippen molar-refractivity contribution >= 4 is 0 Å². The molecule has 3 atom stereocenters. The zero-order chi connectivity index (χ0) is 5.56. The molecule has 2 aliphatic rings. The van der Waals surface area contributed by atoms with E-state index in [4.69, 9.17) is 10.5 Å². The van der Waals surface area contributed by atoms with Crippen molar-refractivity contribution in [1.82, 2.24) is 0 Å². The highest BCUT2D eigenvalue weighted by Gasteiger charge is 2.38. The van der Waals surface area contributed by atoms with Crippen LogP contribution < -0.4 is 5.73 Å². The van der Waals surface area contributed by atoms with Crippen molar-refractivity contribution in [2.75, 3.05) is 0 Å². The van der Waals surface area contributed by atoms with Crippen LogP contribution in [-0.4, -0.2) is 18.2 Å². The van der Waals surface area contributed by atoms with Gasteiger partial charge in [0, 0.05) is 6.04 Å². The fourth-order valence-electron chi connectivity index (χ4n) is 1.68. The van der Waals surface area contributed by atoms with Gasteiger partial charge in [-0.15, -0.1) is 0 Å². The van der Waals surface area contributed by atoms with E-state index in [1.54, 1.807) is 0 Å². The lowest BCUT2D eigenvalue weighted by Gasteiger charge is -2.11. The SMILES string of the molecule is N[C@@H]1CC2CCC1O2. The maximum Gasteiger partial charge on any atom is 0.0731 e. The van der Waals surface area contributed by atoms with Crippen LogP contribution in [-0.2, 0) is 4.74 Å². The summed E-state index contributed by atoms with van der Waals surface area (Å²) in [6.07, 6.45) is 4.49. The van der Waals surface area contributed by atoms with E-state index in [1.807, 2.05) is 0 Å². The second kappa shape index (κ2) is 1.45. The molecule has 2 fully saturated rings. The summed E-state index contributed by atoms with van der Waals surface area (Å²) in [5.74, 6) is 0. The molecule has 2 saturated heterocycles. The minimum absolute atomic E-state index is 0.355. The first-order chi connectivity index (χ1) is 3.86. The molecule has 0 aromatic carbocycles. The molecular formula is C6H11NO. The van der Waals surface area contributed by atoms with Crippen LogP contribution in [0.1, 0.15) is 19.3 Å². The van der Waals surface area contributed by atoms with Gasteiger partial charge in [-0.3, -0.25) is 0 Å². The number of nitrogens with two attached hydrogens (primary N) is 1. The van der Waals surface area contributed by atoms with Crippen LogP contribution in [0.15, 0.2) is 0 Å². The highest BCUT2D eigenvalue weighted by Crippen LogP contribution is 2.32. The molecule has 8 heavy (non-hydrogen) atoms. The van der Waals surface area contributed by atoms with Gasteiger partial charge < -0.3 is 10.5 Å². The van der Waals surface area contributed by atoms with Crippen molar-refractivity contribution < 1.29 is 4.74 Å². The van der Waals surface area contributed by atoms with Crippen LogP contribution >= 0.6 is 0 Å². The van der Waals surface area contributed by atoms with Gasteiger partial charge in [0.05, 0.1) is 12.2 Å². The largest absolute Gasteiger partial charge is 0.373 e. The van der Waals surface area contributed by atoms with Crippen molar-refractivity contribution in [3.05, 3.63) is 0 Å². The van der Waals surface area contributed by atoms with E-state index < -0.39 is 0 Å². The van der Waals surface area contributed by atoms with E-state index in [-0.39, 0.29) is 0 Å². The number of rotatable bonds is 0. The van der Waals surface area contributed by atoms with Gasteiger partial charge >= 0.3 is 0 Å². The fraction of sp³-hybridized carbons (Fsp3) is 1.00. The van der Waals surface area contributed by atoms with E-state index in [1.165, 1.54) is 12.8 Å². The first-order valence-corrected chi connectivity index (χ1v) is 3.27. The average molecular weight is 113 g/mol. The van der Waals surface area contributed by atoms with Gasteiger partial charge in [0.2, 0.25) is 0 Å². The molecule has 0 saturated carbocycles. The summed E-state index contributed by atoms with van der Waals surface area (Å²) in [5, 5.41) is 0. The number of hydrogen-bond acceptors (Lipinski definition) is 2. The molecule has 0 amide bonds. The third-order valence-electron chi connectivity index (χ3n) is 2.15. The Morgan fingerprint density at radius 2 is 2.25 bits per heavy atom. The molecule has 2 heteroatoms. The topological polar surface area (TPSA) is 35.2 Å². The second-order valence-electron chi connectivity index (χ2n) is 2.77. The smallest absolute Gasteiger partial charge is 0.0731 e. The average Bonchev–Trinajstić information content (AvgIpc) is 2.23. The quantitative estimate of drug-likeness (QED) is 0.489. The Morgan fingerprint density at radius 3 is 2.50 bits per heavy atom. The van der Waals surface area contributed by atoms with Crippen molar-refractivity contribution in [3.8, 4) is 0 Å². The fourth-order valence-corrected chi connectivity index (χ4v) is 1.68. The minimum atomic E-state index is 0.355. The van der Waals surface area contributed by atoms with E-state index in [0.717, 1.165) is 6.42 Å². The zero-order valence-electron chi connectivity index (χ0n) is 4.84. The molecule has 2 N–H and O–H groups in total. The second-order valence-corrected chi connectivity index (χ2v) is 2.77. The van der Waals surface area contributed by atoms with Gasteiger partial charge in [0.1, 0.15) is 0 Å². The van der Waals surface area contributed by atoms with Gasteiger partial charge in [-0.2, -0.15) is 0 Å². The molecule has 0 aliphatic carbocycles. The Balaban J connectivity index is 2.11. The molecule has 2 bridgehead atoms. The van der Waals surface area contributed by atoms with Crippen LogP contribution in [0.2, 0.25) is 0 Å². The molecule has 0 radical (unpaired) electrons. The Labute approximate surface area is 49.0 Å². The van der Waals surface area contributed by atoms with Crippen molar-refractivity contribution in [1.29, 1.82) is 0 Å². The number of ether oxygens (including phenoxy) is 1. The van der Waals surface area contributed by atoms with Crippen LogP contribution in [0.5, 0.6) is 0 Å².